The normalized spacial score (nSPS) is 20.6. The van der Waals surface area contributed by atoms with Gasteiger partial charge in [0, 0.05) is 18.2 Å². The molecule has 3 rings (SSSR count). The van der Waals surface area contributed by atoms with Gasteiger partial charge in [-0.15, -0.1) is 0 Å². The zero-order valence-corrected chi connectivity index (χ0v) is 12.7. The molecular formula is C18H27NO. The molecule has 0 unspecified atom stereocenters. The lowest BCUT2D eigenvalue weighted by Gasteiger charge is -2.21. The fraction of sp³-hybridized carbons (Fsp3) is 0.667. The highest BCUT2D eigenvalue weighted by atomic mass is 16.5. The molecule has 0 spiro atoms. The minimum absolute atomic E-state index is 0.429. The SMILES string of the molecule is Cc1cccc(CNC2CC2)c1OC1CCCCCC1. The molecule has 0 radical (unpaired) electrons. The third kappa shape index (κ3) is 3.76. The first-order valence-corrected chi connectivity index (χ1v) is 8.31. The molecule has 1 aromatic rings. The second kappa shape index (κ2) is 6.62. The molecule has 0 saturated heterocycles. The fourth-order valence-corrected chi connectivity index (χ4v) is 3.09. The van der Waals surface area contributed by atoms with Gasteiger partial charge in [-0.1, -0.05) is 31.0 Å². The molecule has 0 aromatic heterocycles. The maximum Gasteiger partial charge on any atom is 0.127 e. The molecule has 2 heteroatoms. The molecule has 20 heavy (non-hydrogen) atoms. The minimum Gasteiger partial charge on any atom is -0.490 e. The van der Waals surface area contributed by atoms with Crippen LogP contribution in [-0.2, 0) is 6.54 Å². The number of nitrogens with one attached hydrogen (secondary N) is 1. The average Bonchev–Trinajstić information content (AvgIpc) is 3.26. The van der Waals surface area contributed by atoms with Crippen molar-refractivity contribution < 1.29 is 4.74 Å². The molecule has 2 saturated carbocycles. The predicted octanol–water partition coefficient (Wildman–Crippen LogP) is 4.35. The first-order valence-electron chi connectivity index (χ1n) is 8.31. The largest absolute Gasteiger partial charge is 0.490 e. The Hall–Kier alpha value is -1.02. The zero-order valence-electron chi connectivity index (χ0n) is 12.7. The van der Waals surface area contributed by atoms with Crippen LogP contribution in [0.25, 0.3) is 0 Å². The van der Waals surface area contributed by atoms with Crippen LogP contribution in [0.3, 0.4) is 0 Å². The van der Waals surface area contributed by atoms with E-state index in [2.05, 4.69) is 30.4 Å². The molecular weight excluding hydrogens is 246 g/mol. The predicted molar refractivity (Wildman–Crippen MR) is 83.2 cm³/mol. The van der Waals surface area contributed by atoms with Crippen molar-refractivity contribution in [1.29, 1.82) is 0 Å². The summed E-state index contributed by atoms with van der Waals surface area (Å²) in [6, 6.07) is 7.29. The summed E-state index contributed by atoms with van der Waals surface area (Å²) in [4.78, 5) is 0. The highest BCUT2D eigenvalue weighted by molar-refractivity contribution is 5.41. The van der Waals surface area contributed by atoms with Crippen molar-refractivity contribution in [3.63, 3.8) is 0 Å². The molecule has 0 heterocycles. The highest BCUT2D eigenvalue weighted by Crippen LogP contribution is 2.29. The molecule has 1 N–H and O–H groups in total. The van der Waals surface area contributed by atoms with Gasteiger partial charge in [0.1, 0.15) is 5.75 Å². The van der Waals surface area contributed by atoms with Crippen LogP contribution in [0, 0.1) is 6.92 Å². The maximum atomic E-state index is 6.41. The minimum atomic E-state index is 0.429. The highest BCUT2D eigenvalue weighted by Gasteiger charge is 2.21. The third-order valence-corrected chi connectivity index (χ3v) is 4.54. The standard InChI is InChI=1S/C18H27NO/c1-14-7-6-8-15(13-19-16-11-12-16)18(14)20-17-9-4-2-3-5-10-17/h6-8,16-17,19H,2-5,9-13H2,1H3. The summed E-state index contributed by atoms with van der Waals surface area (Å²) < 4.78 is 6.41. The number of hydrogen-bond donors (Lipinski definition) is 1. The summed E-state index contributed by atoms with van der Waals surface area (Å²) in [5.74, 6) is 1.15. The molecule has 2 aliphatic carbocycles. The van der Waals surface area contributed by atoms with Crippen molar-refractivity contribution in [2.75, 3.05) is 0 Å². The van der Waals surface area contributed by atoms with Gasteiger partial charge in [-0.25, -0.2) is 0 Å². The van der Waals surface area contributed by atoms with Gasteiger partial charge in [0.15, 0.2) is 0 Å². The van der Waals surface area contributed by atoms with Crippen LogP contribution in [0.15, 0.2) is 18.2 Å². The summed E-state index contributed by atoms with van der Waals surface area (Å²) in [5.41, 5.74) is 2.62. The van der Waals surface area contributed by atoms with E-state index < -0.39 is 0 Å². The molecule has 0 bridgehead atoms. The van der Waals surface area contributed by atoms with E-state index in [1.165, 1.54) is 62.5 Å². The number of benzene rings is 1. The van der Waals surface area contributed by atoms with Gasteiger partial charge >= 0.3 is 0 Å². The molecule has 110 valence electrons. The van der Waals surface area contributed by atoms with Crippen LogP contribution in [0.4, 0.5) is 0 Å². The Kier molecular flexibility index (Phi) is 4.62. The average molecular weight is 273 g/mol. The van der Waals surface area contributed by atoms with Gasteiger partial charge in [0.2, 0.25) is 0 Å². The Morgan fingerprint density at radius 3 is 2.50 bits per heavy atom. The van der Waals surface area contributed by atoms with E-state index in [4.69, 9.17) is 4.74 Å². The number of hydrogen-bond acceptors (Lipinski definition) is 2. The van der Waals surface area contributed by atoms with Crippen molar-refractivity contribution in [2.24, 2.45) is 0 Å². The van der Waals surface area contributed by atoms with E-state index in [0.29, 0.717) is 6.10 Å². The van der Waals surface area contributed by atoms with Gasteiger partial charge in [0.05, 0.1) is 6.10 Å². The Morgan fingerprint density at radius 1 is 1.05 bits per heavy atom. The Morgan fingerprint density at radius 2 is 1.80 bits per heavy atom. The monoisotopic (exact) mass is 273 g/mol. The second-order valence-electron chi connectivity index (χ2n) is 6.45. The van der Waals surface area contributed by atoms with Crippen molar-refractivity contribution in [2.45, 2.75) is 77.0 Å². The van der Waals surface area contributed by atoms with E-state index in [0.717, 1.165) is 18.3 Å². The van der Waals surface area contributed by atoms with Crippen molar-refractivity contribution >= 4 is 0 Å². The molecule has 2 nitrogen and oxygen atoms in total. The summed E-state index contributed by atoms with van der Waals surface area (Å²) >= 11 is 0. The fourth-order valence-electron chi connectivity index (χ4n) is 3.09. The summed E-state index contributed by atoms with van der Waals surface area (Å²) in [5, 5.41) is 3.61. The Labute approximate surface area is 122 Å². The number of para-hydroxylation sites is 1. The summed E-state index contributed by atoms with van der Waals surface area (Å²) in [6.45, 7) is 3.13. The smallest absolute Gasteiger partial charge is 0.127 e. The first-order chi connectivity index (χ1) is 9.83. The molecule has 2 aliphatic rings. The molecule has 0 atom stereocenters. The summed E-state index contributed by atoms with van der Waals surface area (Å²) in [7, 11) is 0. The van der Waals surface area contributed by atoms with E-state index in [1.807, 2.05) is 0 Å². The van der Waals surface area contributed by atoms with E-state index in [9.17, 15) is 0 Å². The second-order valence-corrected chi connectivity index (χ2v) is 6.45. The van der Waals surface area contributed by atoms with Gasteiger partial charge in [-0.05, 0) is 51.0 Å². The van der Waals surface area contributed by atoms with Crippen LogP contribution in [0.2, 0.25) is 0 Å². The molecule has 2 fully saturated rings. The topological polar surface area (TPSA) is 21.3 Å². The van der Waals surface area contributed by atoms with Crippen molar-refractivity contribution in [1.82, 2.24) is 5.32 Å². The third-order valence-electron chi connectivity index (χ3n) is 4.54. The van der Waals surface area contributed by atoms with Crippen LogP contribution >= 0.6 is 0 Å². The number of aryl methyl sites for hydroxylation is 1. The van der Waals surface area contributed by atoms with Crippen molar-refractivity contribution in [3.8, 4) is 5.75 Å². The lowest BCUT2D eigenvalue weighted by Crippen LogP contribution is -2.20. The van der Waals surface area contributed by atoms with Gasteiger partial charge < -0.3 is 10.1 Å². The summed E-state index contributed by atoms with van der Waals surface area (Å²) in [6.07, 6.45) is 11.0. The van der Waals surface area contributed by atoms with Crippen LogP contribution < -0.4 is 10.1 Å². The number of ether oxygens (including phenoxy) is 1. The van der Waals surface area contributed by atoms with Crippen LogP contribution in [-0.4, -0.2) is 12.1 Å². The van der Waals surface area contributed by atoms with E-state index in [-0.39, 0.29) is 0 Å². The maximum absolute atomic E-state index is 6.41. The first kappa shape index (κ1) is 13.9. The Balaban J connectivity index is 1.68. The molecule has 0 aliphatic heterocycles. The van der Waals surface area contributed by atoms with Crippen LogP contribution in [0.1, 0.15) is 62.5 Å². The lowest BCUT2D eigenvalue weighted by atomic mass is 10.1. The zero-order chi connectivity index (χ0) is 13.8. The Bertz CT molecular complexity index is 431. The lowest BCUT2D eigenvalue weighted by molar-refractivity contribution is 0.180. The van der Waals surface area contributed by atoms with Gasteiger partial charge in [0.25, 0.3) is 0 Å². The molecule has 0 amide bonds. The number of rotatable bonds is 5. The van der Waals surface area contributed by atoms with E-state index in [1.54, 1.807) is 0 Å². The molecule has 1 aromatic carbocycles. The quantitative estimate of drug-likeness (QED) is 0.805. The van der Waals surface area contributed by atoms with E-state index >= 15 is 0 Å². The van der Waals surface area contributed by atoms with Crippen molar-refractivity contribution in [3.05, 3.63) is 29.3 Å². The van der Waals surface area contributed by atoms with Crippen LogP contribution in [0.5, 0.6) is 5.75 Å². The van der Waals surface area contributed by atoms with Gasteiger partial charge in [-0.2, -0.15) is 0 Å². The van der Waals surface area contributed by atoms with Gasteiger partial charge in [-0.3, -0.25) is 0 Å².